The molecule has 1 aromatic rings. The predicted octanol–water partition coefficient (Wildman–Crippen LogP) is 1.53. The number of carbonyl (C=O) groups is 4. The molecule has 0 aliphatic carbocycles. The van der Waals surface area contributed by atoms with Gasteiger partial charge in [0.1, 0.15) is 0 Å². The molecule has 2 N–H and O–H groups in total. The van der Waals surface area contributed by atoms with Crippen LogP contribution in [0.2, 0.25) is 10.0 Å². The summed E-state index contributed by atoms with van der Waals surface area (Å²) in [5.41, 5.74) is 5.40. The first-order valence-electron chi connectivity index (χ1n) is 6.33. The maximum absolute atomic E-state index is 11.9. The molecule has 1 atom stereocenters. The molecular weight excluding hydrogens is 349 g/mol. The highest BCUT2D eigenvalue weighted by atomic mass is 35.5. The fourth-order valence-electron chi connectivity index (χ4n) is 1.50. The molecule has 1 aromatic carbocycles. The molecule has 0 heterocycles. The van der Waals surface area contributed by atoms with Crippen molar-refractivity contribution in [2.45, 2.75) is 19.4 Å². The molecule has 23 heavy (non-hydrogen) atoms. The SMILES string of the molecule is CC(=O)OC(=O)CC(N)C(=O)COC(=O)c1c(Cl)cccc1Cl. The summed E-state index contributed by atoms with van der Waals surface area (Å²) in [6.07, 6.45) is -0.511. The van der Waals surface area contributed by atoms with Crippen LogP contribution in [0.5, 0.6) is 0 Å². The Bertz CT molecular complexity index is 626. The average Bonchev–Trinajstić information content (AvgIpc) is 2.43. The maximum Gasteiger partial charge on any atom is 0.341 e. The van der Waals surface area contributed by atoms with Crippen molar-refractivity contribution in [1.82, 2.24) is 0 Å². The van der Waals surface area contributed by atoms with E-state index in [2.05, 4.69) is 4.74 Å². The molecule has 0 fully saturated rings. The van der Waals surface area contributed by atoms with Gasteiger partial charge in [0.05, 0.1) is 28.1 Å². The van der Waals surface area contributed by atoms with Crippen LogP contribution in [0.4, 0.5) is 0 Å². The summed E-state index contributed by atoms with van der Waals surface area (Å²) in [4.78, 5) is 45.3. The van der Waals surface area contributed by atoms with Crippen molar-refractivity contribution in [2.75, 3.05) is 6.61 Å². The minimum Gasteiger partial charge on any atom is -0.454 e. The molecule has 124 valence electrons. The second-order valence-corrected chi connectivity index (χ2v) is 5.23. The second-order valence-electron chi connectivity index (χ2n) is 4.42. The number of benzene rings is 1. The van der Waals surface area contributed by atoms with Gasteiger partial charge in [-0.3, -0.25) is 14.4 Å². The molecule has 0 aromatic heterocycles. The normalized spacial score (nSPS) is 11.5. The molecule has 0 aliphatic heterocycles. The summed E-state index contributed by atoms with van der Waals surface area (Å²) in [7, 11) is 0. The molecule has 7 nitrogen and oxygen atoms in total. The topological polar surface area (TPSA) is 113 Å². The van der Waals surface area contributed by atoms with Crippen LogP contribution in [0.3, 0.4) is 0 Å². The zero-order chi connectivity index (χ0) is 17.6. The summed E-state index contributed by atoms with van der Waals surface area (Å²) >= 11 is 11.7. The van der Waals surface area contributed by atoms with Gasteiger partial charge in [0.15, 0.2) is 12.4 Å². The van der Waals surface area contributed by atoms with Gasteiger partial charge in [-0.1, -0.05) is 29.3 Å². The molecule has 0 radical (unpaired) electrons. The number of hydrogen-bond donors (Lipinski definition) is 1. The number of hydrogen-bond acceptors (Lipinski definition) is 7. The molecule has 0 saturated carbocycles. The zero-order valence-electron chi connectivity index (χ0n) is 12.0. The van der Waals surface area contributed by atoms with Gasteiger partial charge in [0.2, 0.25) is 0 Å². The zero-order valence-corrected chi connectivity index (χ0v) is 13.5. The van der Waals surface area contributed by atoms with Crippen molar-refractivity contribution >= 4 is 46.9 Å². The van der Waals surface area contributed by atoms with E-state index in [-0.39, 0.29) is 15.6 Å². The third-order valence-corrected chi connectivity index (χ3v) is 3.20. The molecule has 9 heteroatoms. The van der Waals surface area contributed by atoms with Crippen LogP contribution in [-0.4, -0.2) is 36.3 Å². The van der Waals surface area contributed by atoms with Crippen LogP contribution in [0, 0.1) is 0 Å². The number of nitrogens with two attached hydrogens (primary N) is 1. The highest BCUT2D eigenvalue weighted by molar-refractivity contribution is 6.39. The monoisotopic (exact) mass is 361 g/mol. The molecule has 1 unspecified atom stereocenters. The van der Waals surface area contributed by atoms with Crippen LogP contribution in [0.1, 0.15) is 23.7 Å². The quantitative estimate of drug-likeness (QED) is 0.603. The van der Waals surface area contributed by atoms with Gasteiger partial charge >= 0.3 is 17.9 Å². The molecule has 0 aliphatic rings. The maximum atomic E-state index is 11.9. The number of esters is 3. The van der Waals surface area contributed by atoms with Crippen molar-refractivity contribution < 1.29 is 28.7 Å². The van der Waals surface area contributed by atoms with E-state index in [1.165, 1.54) is 12.1 Å². The lowest BCUT2D eigenvalue weighted by Crippen LogP contribution is -2.36. The standard InChI is InChI=1S/C14H13Cl2NO6/c1-7(18)23-12(20)5-10(17)11(19)6-22-14(21)13-8(15)3-2-4-9(13)16/h2-4,10H,5-6,17H2,1H3. The van der Waals surface area contributed by atoms with Crippen LogP contribution in [0.25, 0.3) is 0 Å². The Hall–Kier alpha value is -1.96. The number of rotatable bonds is 6. The first-order chi connectivity index (χ1) is 10.7. The smallest absolute Gasteiger partial charge is 0.341 e. The van der Waals surface area contributed by atoms with E-state index in [1.54, 1.807) is 6.07 Å². The van der Waals surface area contributed by atoms with Gasteiger partial charge in [0.25, 0.3) is 0 Å². The summed E-state index contributed by atoms with van der Waals surface area (Å²) in [6.45, 7) is 0.370. The number of Topliss-reactive ketones (excluding diaryl/α,β-unsaturated/α-hetero) is 1. The highest BCUT2D eigenvalue weighted by Crippen LogP contribution is 2.24. The highest BCUT2D eigenvalue weighted by Gasteiger charge is 2.22. The Balaban J connectivity index is 2.57. The second kappa shape index (κ2) is 8.61. The summed E-state index contributed by atoms with van der Waals surface area (Å²) in [5.74, 6) is -3.37. The molecule has 0 spiro atoms. The van der Waals surface area contributed by atoms with E-state index in [0.29, 0.717) is 0 Å². The van der Waals surface area contributed by atoms with E-state index in [4.69, 9.17) is 33.7 Å². The Kier molecular flexibility index (Phi) is 7.15. The minimum absolute atomic E-state index is 0.0734. The largest absolute Gasteiger partial charge is 0.454 e. The van der Waals surface area contributed by atoms with Crippen LogP contribution in [0.15, 0.2) is 18.2 Å². The minimum atomic E-state index is -1.27. The summed E-state index contributed by atoms with van der Waals surface area (Å²) in [6, 6.07) is 3.16. The van der Waals surface area contributed by atoms with Gasteiger partial charge in [-0.05, 0) is 12.1 Å². The third kappa shape index (κ3) is 5.97. The fraction of sp³-hybridized carbons (Fsp3) is 0.286. The molecule has 0 bridgehead atoms. The number of ketones is 1. The van der Waals surface area contributed by atoms with Gasteiger partial charge < -0.3 is 15.2 Å². The van der Waals surface area contributed by atoms with E-state index in [0.717, 1.165) is 6.92 Å². The predicted molar refractivity (Wildman–Crippen MR) is 81.1 cm³/mol. The van der Waals surface area contributed by atoms with E-state index in [9.17, 15) is 19.2 Å². The fourth-order valence-corrected chi connectivity index (χ4v) is 2.06. The van der Waals surface area contributed by atoms with Gasteiger partial charge in [-0.25, -0.2) is 4.79 Å². The first-order valence-corrected chi connectivity index (χ1v) is 7.08. The van der Waals surface area contributed by atoms with Crippen molar-refractivity contribution in [3.63, 3.8) is 0 Å². The Morgan fingerprint density at radius 1 is 1.17 bits per heavy atom. The van der Waals surface area contributed by atoms with Crippen LogP contribution >= 0.6 is 23.2 Å². The number of carbonyl (C=O) groups excluding carboxylic acids is 4. The summed E-state index contributed by atoms with van der Waals surface area (Å²) in [5, 5.41) is 0.147. The lowest BCUT2D eigenvalue weighted by Gasteiger charge is -2.11. The van der Waals surface area contributed by atoms with Gasteiger partial charge in [-0.15, -0.1) is 0 Å². The Morgan fingerprint density at radius 2 is 1.74 bits per heavy atom. The number of halogens is 2. The lowest BCUT2D eigenvalue weighted by atomic mass is 10.1. The van der Waals surface area contributed by atoms with Gasteiger partial charge in [-0.2, -0.15) is 0 Å². The average molecular weight is 362 g/mol. The van der Waals surface area contributed by atoms with Crippen molar-refractivity contribution in [3.05, 3.63) is 33.8 Å². The Morgan fingerprint density at radius 3 is 2.26 bits per heavy atom. The van der Waals surface area contributed by atoms with Crippen molar-refractivity contribution in [2.24, 2.45) is 5.73 Å². The van der Waals surface area contributed by atoms with Crippen molar-refractivity contribution in [3.8, 4) is 0 Å². The first kappa shape index (κ1) is 19.1. The van der Waals surface area contributed by atoms with Crippen LogP contribution in [-0.2, 0) is 23.9 Å². The van der Waals surface area contributed by atoms with E-state index >= 15 is 0 Å². The molecule has 0 saturated heterocycles. The van der Waals surface area contributed by atoms with Crippen molar-refractivity contribution in [1.29, 1.82) is 0 Å². The Labute approximate surface area is 141 Å². The van der Waals surface area contributed by atoms with E-state index < -0.39 is 42.8 Å². The third-order valence-electron chi connectivity index (χ3n) is 2.57. The van der Waals surface area contributed by atoms with E-state index in [1.807, 2.05) is 0 Å². The van der Waals surface area contributed by atoms with Crippen LogP contribution < -0.4 is 5.73 Å². The lowest BCUT2D eigenvalue weighted by molar-refractivity contribution is -0.158. The molecule has 0 amide bonds. The summed E-state index contributed by atoms with van der Waals surface area (Å²) < 4.78 is 9.02. The molecule has 1 rings (SSSR count). The van der Waals surface area contributed by atoms with Gasteiger partial charge in [0, 0.05) is 6.92 Å². The molecular formula is C14H13Cl2NO6. The number of ether oxygens (including phenoxy) is 2.